The Balaban J connectivity index is 2.23. The van der Waals surface area contributed by atoms with Crippen LogP contribution in [-0.4, -0.2) is 12.0 Å². The average Bonchev–Trinajstić information content (AvgIpc) is 2.59. The first-order valence-electron chi connectivity index (χ1n) is 6.55. The Morgan fingerprint density at radius 1 is 1.22 bits per heavy atom. The van der Waals surface area contributed by atoms with Crippen molar-refractivity contribution in [1.82, 2.24) is 0 Å². The number of halogens is 1. The molecule has 0 bridgehead atoms. The van der Waals surface area contributed by atoms with Crippen LogP contribution in [0.2, 0.25) is 0 Å². The Morgan fingerprint density at radius 3 is 2.39 bits per heavy atom. The van der Waals surface area contributed by atoms with Gasteiger partial charge in [0.2, 0.25) is 0 Å². The van der Waals surface area contributed by atoms with Gasteiger partial charge in [-0.05, 0) is 41.1 Å². The predicted molar refractivity (Wildman–Crippen MR) is 85.4 cm³/mol. The minimum Gasteiger partial charge on any atom is -0.497 e. The van der Waals surface area contributed by atoms with Crippen LogP contribution < -0.4 is 9.47 Å². The van der Waals surface area contributed by atoms with E-state index in [-0.39, 0.29) is 29.4 Å². The fourth-order valence-corrected chi connectivity index (χ4v) is 2.28. The molecule has 0 aromatic heterocycles. The molecule has 7 nitrogen and oxygen atoms in total. The first-order chi connectivity index (χ1) is 11.1. The first kappa shape index (κ1) is 16.7. The highest BCUT2D eigenvalue weighted by Crippen LogP contribution is 2.32. The summed E-state index contributed by atoms with van der Waals surface area (Å²) in [5.74, 6) is 1.08. The van der Waals surface area contributed by atoms with E-state index in [0.717, 1.165) is 0 Å². The van der Waals surface area contributed by atoms with Gasteiger partial charge in [0.05, 0.1) is 23.5 Å². The highest BCUT2D eigenvalue weighted by atomic mass is 35.5. The molecule has 8 heteroatoms. The lowest BCUT2D eigenvalue weighted by Gasteiger charge is -2.09. The molecule has 2 aromatic carbocycles. The molecule has 0 radical (unpaired) electrons. The summed E-state index contributed by atoms with van der Waals surface area (Å²) in [6, 6.07) is 9.63. The van der Waals surface area contributed by atoms with E-state index < -0.39 is 4.92 Å². The minimum absolute atomic E-state index is 0.0532. The molecular formula is C15H13ClN2O5. The zero-order valence-corrected chi connectivity index (χ0v) is 12.9. The number of nitrogens with zero attached hydrogens (tertiary/aromatic N) is 2. The number of rotatable bonds is 7. The van der Waals surface area contributed by atoms with E-state index in [1.807, 2.05) is 0 Å². The quantitative estimate of drug-likeness (QED) is 0.325. The van der Waals surface area contributed by atoms with Gasteiger partial charge in [0.1, 0.15) is 23.8 Å². The number of hydrogen-bond acceptors (Lipinski definition) is 6. The number of hydrogen-bond donors (Lipinski definition) is 0. The molecule has 0 aliphatic heterocycles. The summed E-state index contributed by atoms with van der Waals surface area (Å²) >= 11 is 5.67. The summed E-state index contributed by atoms with van der Waals surface area (Å²) in [5, 5.41) is 13.9. The van der Waals surface area contributed by atoms with Crippen molar-refractivity contribution in [2.45, 2.75) is 12.5 Å². The minimum atomic E-state index is -0.594. The van der Waals surface area contributed by atoms with Crippen LogP contribution in [0.15, 0.2) is 41.6 Å². The molecule has 0 fully saturated rings. The van der Waals surface area contributed by atoms with Crippen LogP contribution in [0.1, 0.15) is 11.1 Å². The molecule has 2 rings (SSSR count). The Bertz CT molecular complexity index is 719. The average molecular weight is 337 g/mol. The van der Waals surface area contributed by atoms with Gasteiger partial charge in [-0.25, -0.2) is 0 Å². The van der Waals surface area contributed by atoms with Crippen molar-refractivity contribution in [3.05, 3.63) is 62.5 Å². The molecule has 0 spiro atoms. The van der Waals surface area contributed by atoms with E-state index in [1.54, 1.807) is 31.4 Å². The molecule has 120 valence electrons. The van der Waals surface area contributed by atoms with Gasteiger partial charge in [0, 0.05) is 6.07 Å². The maximum Gasteiger partial charge on any atom is 0.276 e. The molecule has 0 aliphatic rings. The second-order valence-corrected chi connectivity index (χ2v) is 4.83. The number of benzene rings is 2. The lowest BCUT2D eigenvalue weighted by molar-refractivity contribution is -0.385. The third-order valence-electron chi connectivity index (χ3n) is 3.16. The Morgan fingerprint density at radius 2 is 1.87 bits per heavy atom. The van der Waals surface area contributed by atoms with Gasteiger partial charge in [-0.2, -0.15) is 0 Å². The molecule has 0 aliphatic carbocycles. The zero-order chi connectivity index (χ0) is 16.8. The van der Waals surface area contributed by atoms with Crippen molar-refractivity contribution < 1.29 is 14.4 Å². The van der Waals surface area contributed by atoms with Crippen molar-refractivity contribution in [2.24, 2.45) is 5.18 Å². The van der Waals surface area contributed by atoms with Gasteiger partial charge in [0.25, 0.3) is 5.69 Å². The highest BCUT2D eigenvalue weighted by molar-refractivity contribution is 6.17. The molecule has 0 unspecified atom stereocenters. The molecule has 0 atom stereocenters. The van der Waals surface area contributed by atoms with E-state index in [0.29, 0.717) is 17.1 Å². The van der Waals surface area contributed by atoms with Crippen molar-refractivity contribution in [3.8, 4) is 11.5 Å². The Labute approximate surface area is 136 Å². The molecule has 0 heterocycles. The number of nitroso groups, excluding NO2 is 1. The molecule has 0 saturated heterocycles. The predicted octanol–water partition coefficient (Wildman–Crippen LogP) is 4.32. The largest absolute Gasteiger partial charge is 0.497 e. The summed E-state index contributed by atoms with van der Waals surface area (Å²) in [5.41, 5.74) is 0.254. The fourth-order valence-electron chi connectivity index (χ4n) is 2.00. The summed E-state index contributed by atoms with van der Waals surface area (Å²) in [7, 11) is 1.56. The van der Waals surface area contributed by atoms with E-state index in [1.165, 1.54) is 12.1 Å². The zero-order valence-electron chi connectivity index (χ0n) is 12.2. The van der Waals surface area contributed by atoms with Gasteiger partial charge in [-0.1, -0.05) is 0 Å². The third kappa shape index (κ3) is 3.95. The molecule has 2 aromatic rings. The topological polar surface area (TPSA) is 91.0 Å². The van der Waals surface area contributed by atoms with E-state index >= 15 is 0 Å². The first-order valence-corrected chi connectivity index (χ1v) is 7.09. The molecule has 0 N–H and O–H groups in total. The van der Waals surface area contributed by atoms with Gasteiger partial charge in [0.15, 0.2) is 0 Å². The molecular weight excluding hydrogens is 324 g/mol. The Hall–Kier alpha value is -2.67. The molecule has 0 saturated carbocycles. The van der Waals surface area contributed by atoms with Crippen LogP contribution in [0, 0.1) is 15.0 Å². The number of nitro groups is 1. The summed E-state index contributed by atoms with van der Waals surface area (Å²) in [4.78, 5) is 21.4. The number of methoxy groups -OCH3 is 1. The molecule has 23 heavy (non-hydrogen) atoms. The normalized spacial score (nSPS) is 10.2. The van der Waals surface area contributed by atoms with Crippen LogP contribution in [0.5, 0.6) is 11.5 Å². The maximum absolute atomic E-state index is 11.1. The van der Waals surface area contributed by atoms with Crippen molar-refractivity contribution in [3.63, 3.8) is 0 Å². The third-order valence-corrected chi connectivity index (χ3v) is 3.42. The van der Waals surface area contributed by atoms with Crippen LogP contribution in [0.3, 0.4) is 0 Å². The van der Waals surface area contributed by atoms with Crippen molar-refractivity contribution >= 4 is 23.0 Å². The van der Waals surface area contributed by atoms with Crippen LogP contribution in [0.4, 0.5) is 11.4 Å². The number of nitro benzene ring substituents is 1. The van der Waals surface area contributed by atoms with Gasteiger partial charge >= 0.3 is 0 Å². The highest BCUT2D eigenvalue weighted by Gasteiger charge is 2.20. The van der Waals surface area contributed by atoms with Crippen LogP contribution in [-0.2, 0) is 12.5 Å². The van der Waals surface area contributed by atoms with Gasteiger partial charge < -0.3 is 9.47 Å². The molecule has 0 amide bonds. The number of alkyl halides is 1. The van der Waals surface area contributed by atoms with E-state index in [2.05, 4.69) is 5.18 Å². The fraction of sp³-hybridized carbons (Fsp3) is 0.200. The van der Waals surface area contributed by atoms with E-state index in [4.69, 9.17) is 21.1 Å². The Kier molecular flexibility index (Phi) is 5.48. The standard InChI is InChI=1S/C15H13ClN2O5/c1-22-11-2-4-12(5-3-11)23-9-10-6-14(17-19)13(8-16)15(7-10)18(20)21/h2-7H,8-9H2,1H3. The van der Waals surface area contributed by atoms with Crippen molar-refractivity contribution in [1.29, 1.82) is 0 Å². The summed E-state index contributed by atoms with van der Waals surface area (Å²) in [6.07, 6.45) is 0. The van der Waals surface area contributed by atoms with Gasteiger partial charge in [-0.15, -0.1) is 16.5 Å². The number of ether oxygens (including phenoxy) is 2. The lowest BCUT2D eigenvalue weighted by Crippen LogP contribution is -2.00. The summed E-state index contributed by atoms with van der Waals surface area (Å²) in [6.45, 7) is 0.0538. The second kappa shape index (κ2) is 7.55. The maximum atomic E-state index is 11.1. The monoisotopic (exact) mass is 336 g/mol. The van der Waals surface area contributed by atoms with Crippen molar-refractivity contribution in [2.75, 3.05) is 7.11 Å². The van der Waals surface area contributed by atoms with Crippen LogP contribution >= 0.6 is 11.6 Å². The van der Waals surface area contributed by atoms with Crippen LogP contribution in [0.25, 0.3) is 0 Å². The van der Waals surface area contributed by atoms with Gasteiger partial charge in [-0.3, -0.25) is 10.1 Å². The second-order valence-electron chi connectivity index (χ2n) is 4.56. The SMILES string of the molecule is COc1ccc(OCc2cc(N=O)c(CCl)c([N+](=O)[O-])c2)cc1. The summed E-state index contributed by atoms with van der Waals surface area (Å²) < 4.78 is 10.6. The smallest absolute Gasteiger partial charge is 0.276 e. The lowest BCUT2D eigenvalue weighted by atomic mass is 10.1. The van der Waals surface area contributed by atoms with E-state index in [9.17, 15) is 15.0 Å².